The van der Waals surface area contributed by atoms with Gasteiger partial charge in [0, 0.05) is 55.4 Å². The van der Waals surface area contributed by atoms with Crippen LogP contribution < -0.4 is 64.7 Å². The van der Waals surface area contributed by atoms with Gasteiger partial charge in [0.25, 0.3) is 11.6 Å². The van der Waals surface area contributed by atoms with Crippen molar-refractivity contribution in [1.82, 2.24) is 14.9 Å². The zero-order chi connectivity index (χ0) is 58.8. The molecule has 4 aromatic carbocycles. The number of ether oxygens (including phenoxy) is 1. The number of pyridine rings is 2. The number of nitrogens with zero attached hydrogens (tertiary/aromatic N) is 6. The van der Waals surface area contributed by atoms with Crippen LogP contribution in [0, 0.1) is 74.8 Å². The van der Waals surface area contributed by atoms with E-state index in [1.807, 2.05) is 55.1 Å². The van der Waals surface area contributed by atoms with E-state index in [-0.39, 0.29) is 81.9 Å². The summed E-state index contributed by atoms with van der Waals surface area (Å²) in [6.45, 7) is 23.6. The summed E-state index contributed by atoms with van der Waals surface area (Å²) in [4.78, 5) is 56.9. The molecular formula is C56H56F6Li2N10O8-4. The van der Waals surface area contributed by atoms with E-state index >= 15 is 0 Å². The number of nitrogens with one attached hydrogen (secondary N) is 2. The molecule has 1 aliphatic rings. The molecule has 0 fully saturated rings. The first kappa shape index (κ1) is 67.3. The Bertz CT molecular complexity index is 3430. The van der Waals surface area contributed by atoms with Crippen molar-refractivity contribution in [2.45, 2.75) is 58.4 Å². The molecule has 18 nitrogen and oxygen atoms in total. The minimum Gasteiger partial charge on any atom is -0.467 e. The van der Waals surface area contributed by atoms with Crippen molar-refractivity contribution >= 4 is 73.4 Å². The second kappa shape index (κ2) is 29.2. The van der Waals surface area contributed by atoms with Crippen LogP contribution in [0.1, 0.15) is 62.6 Å². The number of halogens is 6. The summed E-state index contributed by atoms with van der Waals surface area (Å²) < 4.78 is 92.3. The first-order valence-corrected chi connectivity index (χ1v) is 24.6. The van der Waals surface area contributed by atoms with Crippen LogP contribution in [-0.2, 0) is 41.3 Å². The molecule has 0 radical (unpaired) electrons. The van der Waals surface area contributed by atoms with Crippen LogP contribution in [0.15, 0.2) is 77.4 Å². The number of aromatic nitrogens is 2. The summed E-state index contributed by atoms with van der Waals surface area (Å²) in [5.74, 6) is 0.167. The summed E-state index contributed by atoms with van der Waals surface area (Å²) >= 11 is 0. The maximum absolute atomic E-state index is 13.6. The summed E-state index contributed by atoms with van der Waals surface area (Å²) in [5.41, 5.74) is 12.6. The molecule has 0 unspecified atom stereocenters. The number of furan rings is 1. The van der Waals surface area contributed by atoms with E-state index in [0.717, 1.165) is 86.7 Å². The maximum Gasteiger partial charge on any atom is 1.00 e. The van der Waals surface area contributed by atoms with Crippen LogP contribution in [-0.4, -0.2) is 75.9 Å². The Balaban J connectivity index is 0.000000267. The van der Waals surface area contributed by atoms with Gasteiger partial charge < -0.3 is 75.7 Å². The normalized spacial score (nSPS) is 12.0. The molecule has 8 rings (SSSR count). The topological polar surface area (TPSA) is 251 Å². The van der Waals surface area contributed by atoms with Crippen LogP contribution in [0.2, 0.25) is 0 Å². The van der Waals surface area contributed by atoms with Crippen LogP contribution in [0.25, 0.3) is 32.9 Å². The number of non-ortho nitro benzene ring substituents is 1. The number of carbonyl (C=O) groups excluding carboxylic acids is 2. The van der Waals surface area contributed by atoms with Gasteiger partial charge in [0.2, 0.25) is 5.91 Å². The van der Waals surface area contributed by atoms with E-state index in [9.17, 15) is 56.2 Å². The molecule has 0 saturated carbocycles. The van der Waals surface area contributed by atoms with Crippen molar-refractivity contribution in [3.05, 3.63) is 179 Å². The number of anilines is 5. The van der Waals surface area contributed by atoms with Crippen molar-refractivity contribution < 1.29 is 92.7 Å². The fourth-order valence-corrected chi connectivity index (χ4v) is 8.73. The van der Waals surface area contributed by atoms with E-state index in [4.69, 9.17) is 25.6 Å². The monoisotopic (exact) mass is 1120 g/mol. The van der Waals surface area contributed by atoms with Crippen molar-refractivity contribution in [3.63, 3.8) is 0 Å². The van der Waals surface area contributed by atoms with Crippen LogP contribution in [0.3, 0.4) is 0 Å². The molecule has 0 atom stereocenters. The number of amides is 2. The van der Waals surface area contributed by atoms with E-state index in [2.05, 4.69) is 50.2 Å². The molecule has 1 aliphatic carbocycles. The number of nitro benzene ring substituents is 2. The number of nitrogen functional groups attached to an aromatic ring is 2. The average molecular weight is 1120 g/mol. The predicted molar refractivity (Wildman–Crippen MR) is 293 cm³/mol. The van der Waals surface area contributed by atoms with Gasteiger partial charge in [-0.2, -0.15) is 32.4 Å². The smallest absolute Gasteiger partial charge is 0.467 e. The minimum atomic E-state index is -5.36. The first-order valence-electron chi connectivity index (χ1n) is 24.6. The Kier molecular flexibility index (Phi) is 24.0. The molecule has 26 heteroatoms. The van der Waals surface area contributed by atoms with Gasteiger partial charge in [0.05, 0.1) is 39.9 Å². The molecule has 0 aliphatic heterocycles. The van der Waals surface area contributed by atoms with Gasteiger partial charge in [-0.15, -0.1) is 37.8 Å². The SMILES string of the molecule is [CH2-]CN(C[CH2-])Cc1occc1C(=O)Nc1ccc2nc3c(c(N)c2c1)CCCC3.[CH2-]CN(C[CH2-])c1ccc(C(F)(F)F)c(-c2c[c-]c([N+](=O)[O-])cc2C(F)(F)F)c1[N+](=O)[O-].[CH2-]COCC(=O)Nc1ccc2nc(C)c(C)c(N)c2c1.[Li+].[Li+]. The van der Waals surface area contributed by atoms with Crippen LogP contribution >= 0.6 is 0 Å². The Morgan fingerprint density at radius 3 is 1.95 bits per heavy atom. The molecule has 0 bridgehead atoms. The summed E-state index contributed by atoms with van der Waals surface area (Å²) in [6, 6.07) is 16.1. The number of alkyl halides is 6. The third-order valence-electron chi connectivity index (χ3n) is 13.0. The number of aryl methyl sites for hydroxylation is 2. The third-order valence-corrected chi connectivity index (χ3v) is 13.0. The van der Waals surface area contributed by atoms with Crippen LogP contribution in [0.4, 0.5) is 66.2 Å². The van der Waals surface area contributed by atoms with E-state index in [0.29, 0.717) is 60.2 Å². The molecule has 3 heterocycles. The second-order valence-electron chi connectivity index (χ2n) is 17.9. The van der Waals surface area contributed by atoms with Crippen molar-refractivity contribution in [3.8, 4) is 11.1 Å². The third kappa shape index (κ3) is 15.9. The van der Waals surface area contributed by atoms with Crippen molar-refractivity contribution in [2.75, 3.05) is 66.4 Å². The van der Waals surface area contributed by atoms with E-state index in [1.165, 1.54) is 6.26 Å². The Hall–Kier alpha value is -7.19. The molecule has 7 aromatic rings. The molecular weight excluding hydrogens is 1070 g/mol. The predicted octanol–water partition coefficient (Wildman–Crippen LogP) is 5.72. The summed E-state index contributed by atoms with van der Waals surface area (Å²) in [5, 5.41) is 30.0. The molecule has 3 aromatic heterocycles. The molecule has 6 N–H and O–H groups in total. The number of rotatable bonds is 16. The first-order chi connectivity index (χ1) is 37.9. The average Bonchev–Trinajstić information content (AvgIpc) is 3.76. The number of benzene rings is 4. The zero-order valence-corrected chi connectivity index (χ0v) is 45.6. The quantitative estimate of drug-likeness (QED) is 0.0297. The molecule has 426 valence electrons. The fraction of sp³-hybridized carbons (Fsp3) is 0.268. The molecule has 0 saturated heterocycles. The van der Waals surface area contributed by atoms with E-state index < -0.39 is 61.5 Å². The maximum atomic E-state index is 13.6. The van der Waals surface area contributed by atoms with Gasteiger partial charge in [-0.1, -0.05) is 12.7 Å². The number of nitro groups is 2. The largest absolute Gasteiger partial charge is 1.00 e. The Morgan fingerprint density at radius 1 is 0.780 bits per heavy atom. The molecule has 0 spiro atoms. The van der Waals surface area contributed by atoms with Gasteiger partial charge in [0.1, 0.15) is 18.1 Å². The van der Waals surface area contributed by atoms with Crippen molar-refractivity contribution in [1.29, 1.82) is 0 Å². The Morgan fingerprint density at radius 2 is 1.38 bits per heavy atom. The number of fused-ring (bicyclic) bond motifs is 3. The molecule has 2 amide bonds. The van der Waals surface area contributed by atoms with Crippen molar-refractivity contribution in [2.24, 2.45) is 0 Å². The zero-order valence-electron chi connectivity index (χ0n) is 45.6. The number of carbonyl (C=O) groups is 2. The number of hydrogen-bond acceptors (Lipinski definition) is 14. The number of nitrogens with two attached hydrogens (primary N) is 2. The second-order valence-corrected chi connectivity index (χ2v) is 17.9. The standard InChI is InChI=1S/C23H26N4O2.C18H12F6N3O4.C15H18N3O2.2Li/c1-3-27(4-2)14-21-17(11-12-29-21)23(28)25-15-9-10-20-18(13-15)22(24)16-7-5-6-8-19(16)26-20;1-3-25(4-2)14-8-7-12(17(19,20)21)15(16(14)27(30)31)11-6-5-10(26(28)29)9-13(11)18(22,23)24;1-4-20-8-14(19)18-11-5-6-13-12(7-11)15(16)9(2)10(3)17-13;;/h9-13H,1-8,14H2,(H2,24,26)(H,25,28);6-9H,1-4H2;5-7H,1,4,8H2,2-3H3,(H2,16,17)(H,18,19);;/q-2;-3;-1;2*+1. The Labute approximate surface area is 493 Å². The van der Waals surface area contributed by atoms with Gasteiger partial charge in [-0.05, 0) is 111 Å². The van der Waals surface area contributed by atoms with Gasteiger partial charge in [-0.25, -0.2) is 0 Å². The fourth-order valence-electron chi connectivity index (χ4n) is 8.73. The number of hydrogen-bond donors (Lipinski definition) is 4. The van der Waals surface area contributed by atoms with Crippen LogP contribution in [0.5, 0.6) is 0 Å². The summed E-state index contributed by atoms with van der Waals surface area (Å²) in [6.07, 6.45) is -4.86. The molecule has 82 heavy (non-hydrogen) atoms. The van der Waals surface area contributed by atoms with Gasteiger partial charge in [-0.3, -0.25) is 39.8 Å². The summed E-state index contributed by atoms with van der Waals surface area (Å²) in [7, 11) is 0. The van der Waals surface area contributed by atoms with E-state index in [1.54, 1.807) is 12.1 Å². The van der Waals surface area contributed by atoms with Gasteiger partial charge >= 0.3 is 50.1 Å². The minimum absolute atomic E-state index is 0. The van der Waals surface area contributed by atoms with Gasteiger partial charge in [0.15, 0.2) is 5.69 Å².